The second kappa shape index (κ2) is 5.33. The van der Waals surface area contributed by atoms with Crippen LogP contribution >= 0.6 is 0 Å². The monoisotopic (exact) mass is 245 g/mol. The summed E-state index contributed by atoms with van der Waals surface area (Å²) in [6, 6.07) is 0. The Balaban J connectivity index is 2.53. The lowest BCUT2D eigenvalue weighted by Gasteiger charge is -2.30. The molecule has 0 aromatic heterocycles. The van der Waals surface area contributed by atoms with Crippen LogP contribution in [0.3, 0.4) is 0 Å². The van der Waals surface area contributed by atoms with E-state index < -0.39 is 11.2 Å². The smallest absolute Gasteiger partial charge is 0.252 e. The van der Waals surface area contributed by atoms with Gasteiger partial charge in [-0.1, -0.05) is 6.92 Å². The predicted molar refractivity (Wildman–Crippen MR) is 63.7 cm³/mol. The van der Waals surface area contributed by atoms with Gasteiger partial charge in [-0.25, -0.2) is 0 Å². The summed E-state index contributed by atoms with van der Waals surface area (Å²) < 4.78 is 10.5. The molecule has 1 fully saturated rings. The Morgan fingerprint density at radius 1 is 1.71 bits per heavy atom. The third-order valence-corrected chi connectivity index (χ3v) is 3.82. The molecule has 1 rings (SSSR count). The molecule has 0 bridgehead atoms. The van der Waals surface area contributed by atoms with Gasteiger partial charge in [0.1, 0.15) is 11.2 Å². The number of hydrogen-bond acceptors (Lipinski definition) is 4. The number of amides is 1. The van der Waals surface area contributed by atoms with E-state index in [4.69, 9.17) is 9.47 Å². The fraction of sp³-hybridized carbons (Fsp3) is 0.917. The van der Waals surface area contributed by atoms with Crippen molar-refractivity contribution >= 4 is 5.91 Å². The minimum atomic E-state index is -0.960. The highest BCUT2D eigenvalue weighted by Crippen LogP contribution is 2.25. The summed E-state index contributed by atoms with van der Waals surface area (Å²) in [4.78, 5) is 11.9. The molecule has 0 aromatic rings. The van der Waals surface area contributed by atoms with Gasteiger partial charge >= 0.3 is 0 Å². The minimum absolute atomic E-state index is 0.199. The van der Waals surface area contributed by atoms with Gasteiger partial charge in [-0.05, 0) is 20.3 Å². The van der Waals surface area contributed by atoms with Gasteiger partial charge < -0.3 is 19.9 Å². The van der Waals surface area contributed by atoms with Crippen LogP contribution in [0.2, 0.25) is 0 Å². The maximum atomic E-state index is 11.9. The summed E-state index contributed by atoms with van der Waals surface area (Å²) in [5, 5.41) is 13.0. The summed E-state index contributed by atoms with van der Waals surface area (Å²) in [7, 11) is 1.51. The highest BCUT2D eigenvalue weighted by molar-refractivity contribution is 5.84. The molecule has 1 amide bonds. The summed E-state index contributed by atoms with van der Waals surface area (Å²) in [6.45, 7) is 6.17. The van der Waals surface area contributed by atoms with Crippen molar-refractivity contribution in [1.29, 1.82) is 0 Å². The molecule has 1 aliphatic heterocycles. The molecule has 5 nitrogen and oxygen atoms in total. The Morgan fingerprint density at radius 2 is 2.35 bits per heavy atom. The van der Waals surface area contributed by atoms with E-state index in [0.29, 0.717) is 19.4 Å². The zero-order valence-electron chi connectivity index (χ0n) is 11.1. The Hall–Kier alpha value is -0.650. The number of nitrogens with one attached hydrogen (secondary N) is 1. The molecule has 3 atom stereocenters. The molecule has 1 aliphatic rings. The van der Waals surface area contributed by atoms with Crippen LogP contribution in [0.25, 0.3) is 0 Å². The summed E-state index contributed by atoms with van der Waals surface area (Å²) in [6.07, 6.45) is 0.877. The van der Waals surface area contributed by atoms with Crippen molar-refractivity contribution in [2.24, 2.45) is 0 Å². The molecule has 0 radical (unpaired) electrons. The second-order valence-corrected chi connectivity index (χ2v) is 4.84. The van der Waals surface area contributed by atoms with Gasteiger partial charge in [0.15, 0.2) is 0 Å². The molecular weight excluding hydrogens is 222 g/mol. The SMILES string of the molecule is CCC(C)(OC)C(=O)NCC1(O)CCOC1C. The molecule has 2 N–H and O–H groups in total. The van der Waals surface area contributed by atoms with Gasteiger partial charge in [0, 0.05) is 26.7 Å². The lowest BCUT2D eigenvalue weighted by Crippen LogP contribution is -2.53. The van der Waals surface area contributed by atoms with E-state index >= 15 is 0 Å². The van der Waals surface area contributed by atoms with Crippen LogP contribution in [-0.2, 0) is 14.3 Å². The zero-order chi connectivity index (χ0) is 13.1. The van der Waals surface area contributed by atoms with Crippen LogP contribution in [0.1, 0.15) is 33.6 Å². The topological polar surface area (TPSA) is 67.8 Å². The minimum Gasteiger partial charge on any atom is -0.385 e. The lowest BCUT2D eigenvalue weighted by atomic mass is 9.95. The van der Waals surface area contributed by atoms with Crippen LogP contribution in [0.4, 0.5) is 0 Å². The molecule has 1 saturated heterocycles. The van der Waals surface area contributed by atoms with Crippen molar-refractivity contribution in [1.82, 2.24) is 5.32 Å². The highest BCUT2D eigenvalue weighted by atomic mass is 16.5. The normalized spacial score (nSPS) is 32.2. The van der Waals surface area contributed by atoms with E-state index in [2.05, 4.69) is 5.32 Å². The number of hydrogen-bond donors (Lipinski definition) is 2. The number of rotatable bonds is 5. The van der Waals surface area contributed by atoms with Crippen LogP contribution in [0.15, 0.2) is 0 Å². The molecule has 17 heavy (non-hydrogen) atoms. The van der Waals surface area contributed by atoms with Crippen LogP contribution in [0.5, 0.6) is 0 Å². The fourth-order valence-electron chi connectivity index (χ4n) is 1.82. The highest BCUT2D eigenvalue weighted by Gasteiger charge is 2.41. The fourth-order valence-corrected chi connectivity index (χ4v) is 1.82. The van der Waals surface area contributed by atoms with E-state index in [-0.39, 0.29) is 18.6 Å². The standard InChI is InChI=1S/C12H23NO4/c1-5-11(3,16-4)10(14)13-8-12(15)6-7-17-9(12)2/h9,15H,5-8H2,1-4H3,(H,13,14). The number of aliphatic hydroxyl groups is 1. The molecule has 3 unspecified atom stereocenters. The van der Waals surface area contributed by atoms with Gasteiger partial charge in [-0.15, -0.1) is 0 Å². The molecule has 0 saturated carbocycles. The van der Waals surface area contributed by atoms with Crippen LogP contribution in [-0.4, -0.2) is 48.6 Å². The first-order valence-electron chi connectivity index (χ1n) is 6.05. The molecule has 0 spiro atoms. The molecule has 100 valence electrons. The average Bonchev–Trinajstić information content (AvgIpc) is 2.66. The van der Waals surface area contributed by atoms with Gasteiger partial charge in [0.2, 0.25) is 0 Å². The molecule has 1 heterocycles. The van der Waals surface area contributed by atoms with E-state index in [0.717, 1.165) is 0 Å². The van der Waals surface area contributed by atoms with Crippen molar-refractivity contribution in [3.8, 4) is 0 Å². The van der Waals surface area contributed by atoms with E-state index in [1.807, 2.05) is 13.8 Å². The van der Waals surface area contributed by atoms with E-state index in [9.17, 15) is 9.90 Å². The first-order chi connectivity index (χ1) is 7.88. The Kier molecular flexibility index (Phi) is 4.52. The van der Waals surface area contributed by atoms with Crippen molar-refractivity contribution in [3.05, 3.63) is 0 Å². The quantitative estimate of drug-likeness (QED) is 0.738. The van der Waals surface area contributed by atoms with E-state index in [1.165, 1.54) is 7.11 Å². The number of methoxy groups -OCH3 is 1. The largest absolute Gasteiger partial charge is 0.385 e. The Labute approximate surface area is 102 Å². The maximum Gasteiger partial charge on any atom is 0.252 e. The predicted octanol–water partition coefficient (Wildman–Crippen LogP) is 0.458. The van der Waals surface area contributed by atoms with Crippen molar-refractivity contribution in [2.75, 3.05) is 20.3 Å². The zero-order valence-corrected chi connectivity index (χ0v) is 11.1. The van der Waals surface area contributed by atoms with Crippen LogP contribution < -0.4 is 5.32 Å². The molecule has 0 aliphatic carbocycles. The van der Waals surface area contributed by atoms with Gasteiger partial charge in [0.05, 0.1) is 6.10 Å². The molecular formula is C12H23NO4. The van der Waals surface area contributed by atoms with Crippen molar-refractivity contribution < 1.29 is 19.4 Å². The number of ether oxygens (including phenoxy) is 2. The first kappa shape index (κ1) is 14.4. The maximum absolute atomic E-state index is 11.9. The number of carbonyl (C=O) groups is 1. The molecule has 0 aromatic carbocycles. The lowest BCUT2D eigenvalue weighted by molar-refractivity contribution is -0.143. The number of carbonyl (C=O) groups excluding carboxylic acids is 1. The summed E-state index contributed by atoms with van der Waals surface area (Å²) in [5.41, 5.74) is -1.79. The van der Waals surface area contributed by atoms with E-state index in [1.54, 1.807) is 6.92 Å². The van der Waals surface area contributed by atoms with Gasteiger partial charge in [-0.3, -0.25) is 4.79 Å². The average molecular weight is 245 g/mol. The Bertz CT molecular complexity index is 278. The van der Waals surface area contributed by atoms with Crippen molar-refractivity contribution in [2.45, 2.75) is 50.9 Å². The summed E-state index contributed by atoms with van der Waals surface area (Å²) >= 11 is 0. The third-order valence-electron chi connectivity index (χ3n) is 3.82. The summed E-state index contributed by atoms with van der Waals surface area (Å²) in [5.74, 6) is -0.199. The van der Waals surface area contributed by atoms with Crippen molar-refractivity contribution in [3.63, 3.8) is 0 Å². The first-order valence-corrected chi connectivity index (χ1v) is 6.05. The molecule has 5 heteroatoms. The van der Waals surface area contributed by atoms with Gasteiger partial charge in [-0.2, -0.15) is 0 Å². The van der Waals surface area contributed by atoms with Gasteiger partial charge in [0.25, 0.3) is 5.91 Å². The second-order valence-electron chi connectivity index (χ2n) is 4.84. The Morgan fingerprint density at radius 3 is 2.76 bits per heavy atom. The van der Waals surface area contributed by atoms with Crippen LogP contribution in [0, 0.1) is 0 Å². The third kappa shape index (κ3) is 2.97.